The predicted octanol–water partition coefficient (Wildman–Crippen LogP) is 6.72. The van der Waals surface area contributed by atoms with Crippen molar-refractivity contribution in [2.75, 3.05) is 7.11 Å². The molecule has 4 aromatic carbocycles. The van der Waals surface area contributed by atoms with Crippen molar-refractivity contribution >= 4 is 22.9 Å². The maximum Gasteiger partial charge on any atom is 0.227 e. The van der Waals surface area contributed by atoms with E-state index in [9.17, 15) is 0 Å². The monoisotopic (exact) mass is 403 g/mol. The molecule has 0 atom stereocenters. The molecular formula is C28H21NO2. The molecule has 0 aromatic heterocycles. The summed E-state index contributed by atoms with van der Waals surface area (Å²) in [5.74, 6) is 2.22. The molecule has 0 unspecified atom stereocenters. The Kier molecular flexibility index (Phi) is 5.07. The summed E-state index contributed by atoms with van der Waals surface area (Å²) in [6, 6.07) is 36.5. The van der Waals surface area contributed by atoms with Gasteiger partial charge >= 0.3 is 0 Å². The van der Waals surface area contributed by atoms with Gasteiger partial charge in [0, 0.05) is 16.7 Å². The number of fused-ring (bicyclic) bond motifs is 1. The minimum Gasteiger partial charge on any atom is -0.497 e. The van der Waals surface area contributed by atoms with Gasteiger partial charge in [-0.2, -0.15) is 0 Å². The summed E-state index contributed by atoms with van der Waals surface area (Å²) in [7, 11) is 1.66. The molecule has 5 rings (SSSR count). The van der Waals surface area contributed by atoms with Crippen LogP contribution in [0.3, 0.4) is 0 Å². The minimum absolute atomic E-state index is 0.597. The molecule has 3 nitrogen and oxygen atoms in total. The minimum atomic E-state index is 0.597. The molecule has 0 N–H and O–H groups in total. The zero-order chi connectivity index (χ0) is 21.0. The van der Waals surface area contributed by atoms with Crippen LogP contribution < -0.4 is 4.74 Å². The average molecular weight is 403 g/mol. The molecule has 1 heterocycles. The van der Waals surface area contributed by atoms with Crippen LogP contribution in [-0.4, -0.2) is 13.0 Å². The Hall–Kier alpha value is -4.11. The third-order valence-corrected chi connectivity index (χ3v) is 5.26. The van der Waals surface area contributed by atoms with Gasteiger partial charge in [0.1, 0.15) is 11.5 Å². The normalized spacial score (nSPS) is 13.6. The highest BCUT2D eigenvalue weighted by Gasteiger charge is 2.28. The highest BCUT2D eigenvalue weighted by molar-refractivity contribution is 6.13. The second-order valence-electron chi connectivity index (χ2n) is 7.20. The topological polar surface area (TPSA) is 30.8 Å². The third kappa shape index (κ3) is 3.74. The van der Waals surface area contributed by atoms with Crippen molar-refractivity contribution in [1.82, 2.24) is 0 Å². The second kappa shape index (κ2) is 8.33. The van der Waals surface area contributed by atoms with Gasteiger partial charge in [-0.05, 0) is 41.5 Å². The van der Waals surface area contributed by atoms with E-state index in [1.807, 2.05) is 72.8 Å². The van der Waals surface area contributed by atoms with E-state index in [-0.39, 0.29) is 0 Å². The first-order valence-corrected chi connectivity index (χ1v) is 10.2. The van der Waals surface area contributed by atoms with E-state index >= 15 is 0 Å². The number of benzene rings is 4. The zero-order valence-corrected chi connectivity index (χ0v) is 17.2. The Morgan fingerprint density at radius 1 is 0.645 bits per heavy atom. The van der Waals surface area contributed by atoms with Crippen LogP contribution in [0.15, 0.2) is 114 Å². The summed E-state index contributed by atoms with van der Waals surface area (Å²) in [5.41, 5.74) is 6.09. The first-order valence-electron chi connectivity index (χ1n) is 10.2. The molecule has 0 bridgehead atoms. The SMILES string of the molecule is COc1ccc(N=C2OC(=C(c3ccccc3)c3ccccc3)c3ccccc32)cc1. The van der Waals surface area contributed by atoms with Crippen LogP contribution in [0.4, 0.5) is 5.69 Å². The van der Waals surface area contributed by atoms with Gasteiger partial charge in [0.25, 0.3) is 0 Å². The number of aliphatic imine (C=N–C) groups is 1. The van der Waals surface area contributed by atoms with E-state index in [0.717, 1.165) is 45.0 Å². The molecule has 1 aliphatic heterocycles. The van der Waals surface area contributed by atoms with E-state index in [1.54, 1.807) is 7.11 Å². The van der Waals surface area contributed by atoms with Crippen LogP contribution in [0, 0.1) is 0 Å². The van der Waals surface area contributed by atoms with Crippen LogP contribution in [0.25, 0.3) is 11.3 Å². The Morgan fingerprint density at radius 3 is 1.77 bits per heavy atom. The summed E-state index contributed by atoms with van der Waals surface area (Å²) in [4.78, 5) is 4.80. The van der Waals surface area contributed by atoms with Gasteiger partial charge in [-0.15, -0.1) is 0 Å². The molecular weight excluding hydrogens is 382 g/mol. The standard InChI is InChI=1S/C28H21NO2/c1-30-23-18-16-22(17-19-23)29-28-25-15-9-8-14-24(25)27(31-28)26(20-10-4-2-5-11-20)21-12-6-3-7-13-21/h2-19H,1H3. The van der Waals surface area contributed by atoms with Crippen molar-refractivity contribution in [3.05, 3.63) is 131 Å². The largest absolute Gasteiger partial charge is 0.497 e. The quantitative estimate of drug-likeness (QED) is 0.379. The lowest BCUT2D eigenvalue weighted by Crippen LogP contribution is -1.97. The average Bonchev–Trinajstić information content (AvgIpc) is 3.19. The summed E-state index contributed by atoms with van der Waals surface area (Å²) < 4.78 is 11.7. The van der Waals surface area contributed by atoms with Crippen molar-refractivity contribution in [2.45, 2.75) is 0 Å². The highest BCUT2D eigenvalue weighted by Crippen LogP contribution is 2.39. The zero-order valence-electron chi connectivity index (χ0n) is 17.2. The molecule has 0 radical (unpaired) electrons. The number of methoxy groups -OCH3 is 1. The number of rotatable bonds is 4. The Bertz CT molecular complexity index is 1220. The van der Waals surface area contributed by atoms with Gasteiger partial charge < -0.3 is 9.47 Å². The van der Waals surface area contributed by atoms with Crippen LogP contribution in [0.5, 0.6) is 5.75 Å². The lowest BCUT2D eigenvalue weighted by atomic mass is 9.94. The van der Waals surface area contributed by atoms with Crippen molar-refractivity contribution in [3.8, 4) is 5.75 Å². The molecule has 0 spiro atoms. The van der Waals surface area contributed by atoms with Crippen LogP contribution >= 0.6 is 0 Å². The van der Waals surface area contributed by atoms with E-state index in [1.165, 1.54) is 0 Å². The van der Waals surface area contributed by atoms with Crippen molar-refractivity contribution in [2.24, 2.45) is 4.99 Å². The number of nitrogens with zero attached hydrogens (tertiary/aromatic N) is 1. The molecule has 150 valence electrons. The van der Waals surface area contributed by atoms with Crippen molar-refractivity contribution in [3.63, 3.8) is 0 Å². The summed E-state index contributed by atoms with van der Waals surface area (Å²) in [6.45, 7) is 0. The molecule has 3 heteroatoms. The van der Waals surface area contributed by atoms with Gasteiger partial charge in [0.2, 0.25) is 5.90 Å². The summed E-state index contributed by atoms with van der Waals surface area (Å²) in [6.07, 6.45) is 0. The highest BCUT2D eigenvalue weighted by atomic mass is 16.5. The fourth-order valence-electron chi connectivity index (χ4n) is 3.76. The summed E-state index contributed by atoms with van der Waals surface area (Å²) >= 11 is 0. The van der Waals surface area contributed by atoms with E-state index in [4.69, 9.17) is 14.5 Å². The molecule has 4 aromatic rings. The molecule has 0 saturated heterocycles. The third-order valence-electron chi connectivity index (χ3n) is 5.26. The predicted molar refractivity (Wildman–Crippen MR) is 126 cm³/mol. The van der Waals surface area contributed by atoms with Gasteiger partial charge in [-0.25, -0.2) is 4.99 Å². The molecule has 0 fully saturated rings. The van der Waals surface area contributed by atoms with Gasteiger partial charge in [-0.3, -0.25) is 0 Å². The van der Waals surface area contributed by atoms with E-state index < -0.39 is 0 Å². The Labute approximate surface area is 181 Å². The second-order valence-corrected chi connectivity index (χ2v) is 7.20. The molecule has 31 heavy (non-hydrogen) atoms. The maximum absolute atomic E-state index is 6.46. The van der Waals surface area contributed by atoms with Crippen LogP contribution in [-0.2, 0) is 4.74 Å². The first kappa shape index (κ1) is 18.9. The fraction of sp³-hybridized carbons (Fsp3) is 0.0357. The number of ether oxygens (including phenoxy) is 2. The smallest absolute Gasteiger partial charge is 0.227 e. The van der Waals surface area contributed by atoms with Gasteiger partial charge in [-0.1, -0.05) is 78.9 Å². The maximum atomic E-state index is 6.46. The van der Waals surface area contributed by atoms with Crippen LogP contribution in [0.1, 0.15) is 22.3 Å². The first-order chi connectivity index (χ1) is 15.3. The van der Waals surface area contributed by atoms with Gasteiger partial charge in [0.15, 0.2) is 0 Å². The van der Waals surface area contributed by atoms with Crippen molar-refractivity contribution < 1.29 is 9.47 Å². The van der Waals surface area contributed by atoms with E-state index in [0.29, 0.717) is 5.90 Å². The number of hydrogen-bond acceptors (Lipinski definition) is 3. The summed E-state index contributed by atoms with van der Waals surface area (Å²) in [5, 5.41) is 0. The fourth-order valence-corrected chi connectivity index (χ4v) is 3.76. The van der Waals surface area contributed by atoms with Crippen molar-refractivity contribution in [1.29, 1.82) is 0 Å². The number of hydrogen-bond donors (Lipinski definition) is 0. The Morgan fingerprint density at radius 2 is 1.19 bits per heavy atom. The molecule has 0 amide bonds. The van der Waals surface area contributed by atoms with Gasteiger partial charge in [0.05, 0.1) is 12.8 Å². The lowest BCUT2D eigenvalue weighted by Gasteiger charge is -2.12. The molecule has 0 saturated carbocycles. The van der Waals surface area contributed by atoms with Crippen LogP contribution in [0.2, 0.25) is 0 Å². The Balaban J connectivity index is 1.69. The molecule has 0 aliphatic carbocycles. The molecule has 1 aliphatic rings. The van der Waals surface area contributed by atoms with E-state index in [2.05, 4.69) is 36.4 Å². The lowest BCUT2D eigenvalue weighted by molar-refractivity contribution is 0.415.